The number of hydrogen-bond acceptors (Lipinski definition) is 5. The Balaban J connectivity index is 1.62. The topological polar surface area (TPSA) is 64.9 Å². The lowest BCUT2D eigenvalue weighted by atomic mass is 10.0. The molecular weight excluding hydrogens is 254 g/mol. The first-order chi connectivity index (χ1) is 9.92. The van der Waals surface area contributed by atoms with E-state index in [0.29, 0.717) is 12.6 Å². The summed E-state index contributed by atoms with van der Waals surface area (Å²) in [5.74, 6) is 1.85. The van der Waals surface area contributed by atoms with E-state index in [1.165, 1.54) is 18.4 Å². The Bertz CT molecular complexity index is 607. The molecule has 1 atom stereocenters. The third-order valence-corrected chi connectivity index (χ3v) is 3.91. The van der Waals surface area contributed by atoms with Crippen LogP contribution in [0, 0.1) is 0 Å². The molecule has 6 heteroatoms. The molecule has 6 nitrogen and oxygen atoms in total. The van der Waals surface area contributed by atoms with Gasteiger partial charge in [0.2, 0.25) is 0 Å². The Morgan fingerprint density at radius 3 is 3.05 bits per heavy atom. The van der Waals surface area contributed by atoms with E-state index in [1.807, 2.05) is 22.9 Å². The van der Waals surface area contributed by atoms with Gasteiger partial charge in [0.1, 0.15) is 5.75 Å². The minimum Gasteiger partial charge on any atom is -0.493 e. The van der Waals surface area contributed by atoms with Crippen molar-refractivity contribution in [3.8, 4) is 5.75 Å². The van der Waals surface area contributed by atoms with Gasteiger partial charge in [0.05, 0.1) is 19.2 Å². The fourth-order valence-corrected chi connectivity index (χ4v) is 2.67. The third kappa shape index (κ3) is 2.16. The van der Waals surface area contributed by atoms with Crippen molar-refractivity contribution in [3.05, 3.63) is 35.7 Å². The molecule has 0 spiro atoms. The van der Waals surface area contributed by atoms with E-state index in [1.54, 1.807) is 0 Å². The molecule has 0 radical (unpaired) electrons. The lowest BCUT2D eigenvalue weighted by molar-refractivity contribution is 0.246. The summed E-state index contributed by atoms with van der Waals surface area (Å²) < 4.78 is 7.64. The van der Waals surface area contributed by atoms with Gasteiger partial charge in [-0.2, -0.15) is 0 Å². The maximum absolute atomic E-state index is 5.70. The second-order valence-electron chi connectivity index (χ2n) is 5.39. The van der Waals surface area contributed by atoms with E-state index in [9.17, 15) is 0 Å². The molecule has 1 unspecified atom stereocenters. The van der Waals surface area contributed by atoms with Crippen molar-refractivity contribution < 1.29 is 4.74 Å². The monoisotopic (exact) mass is 271 g/mol. The molecule has 0 bridgehead atoms. The number of aromatic nitrogens is 4. The molecule has 1 fully saturated rings. The molecule has 1 saturated carbocycles. The number of nitrogens with zero attached hydrogens (tertiary/aromatic N) is 4. The molecule has 1 aromatic heterocycles. The van der Waals surface area contributed by atoms with Gasteiger partial charge in [-0.15, -0.1) is 5.10 Å². The summed E-state index contributed by atoms with van der Waals surface area (Å²) in [6.45, 7) is 1.44. The summed E-state index contributed by atoms with van der Waals surface area (Å²) >= 11 is 0. The fourth-order valence-electron chi connectivity index (χ4n) is 2.67. The van der Waals surface area contributed by atoms with Gasteiger partial charge in [0.15, 0.2) is 5.82 Å². The first-order valence-electron chi connectivity index (χ1n) is 7.13. The average molecular weight is 271 g/mol. The van der Waals surface area contributed by atoms with E-state index in [0.717, 1.165) is 24.5 Å². The van der Waals surface area contributed by atoms with Crippen LogP contribution in [0.1, 0.15) is 36.7 Å². The normalized spacial score (nSPS) is 21.3. The van der Waals surface area contributed by atoms with Crippen LogP contribution in [0.4, 0.5) is 0 Å². The zero-order valence-electron chi connectivity index (χ0n) is 11.2. The first-order valence-corrected chi connectivity index (χ1v) is 7.13. The van der Waals surface area contributed by atoms with E-state index in [4.69, 9.17) is 4.74 Å². The molecule has 1 aliphatic carbocycles. The number of nitrogens with one attached hydrogen (secondary N) is 1. The molecule has 20 heavy (non-hydrogen) atoms. The largest absolute Gasteiger partial charge is 0.493 e. The third-order valence-electron chi connectivity index (χ3n) is 3.91. The van der Waals surface area contributed by atoms with Crippen LogP contribution in [0.15, 0.2) is 24.3 Å². The Hall–Kier alpha value is -1.95. The summed E-state index contributed by atoms with van der Waals surface area (Å²) in [4.78, 5) is 0. The first kappa shape index (κ1) is 11.8. The molecule has 2 aromatic rings. The zero-order valence-corrected chi connectivity index (χ0v) is 11.2. The fraction of sp³-hybridized carbons (Fsp3) is 0.500. The van der Waals surface area contributed by atoms with Crippen molar-refractivity contribution >= 4 is 0 Å². The van der Waals surface area contributed by atoms with Crippen molar-refractivity contribution in [1.82, 2.24) is 25.5 Å². The van der Waals surface area contributed by atoms with Crippen molar-refractivity contribution in [2.75, 3.05) is 6.61 Å². The van der Waals surface area contributed by atoms with Gasteiger partial charge in [-0.25, -0.2) is 4.68 Å². The van der Waals surface area contributed by atoms with Crippen LogP contribution < -0.4 is 10.1 Å². The molecule has 4 rings (SSSR count). The van der Waals surface area contributed by atoms with Crippen LogP contribution in [0.25, 0.3) is 0 Å². The molecule has 1 aromatic carbocycles. The van der Waals surface area contributed by atoms with Crippen molar-refractivity contribution in [2.45, 2.75) is 37.9 Å². The minimum atomic E-state index is 0.172. The van der Waals surface area contributed by atoms with Gasteiger partial charge in [-0.1, -0.05) is 18.2 Å². The summed E-state index contributed by atoms with van der Waals surface area (Å²) in [5.41, 5.74) is 1.17. The smallest absolute Gasteiger partial charge is 0.165 e. The van der Waals surface area contributed by atoms with Crippen LogP contribution in [-0.2, 0) is 6.54 Å². The number of para-hydroxylation sites is 1. The van der Waals surface area contributed by atoms with Crippen LogP contribution in [0.5, 0.6) is 5.75 Å². The quantitative estimate of drug-likeness (QED) is 0.908. The highest BCUT2D eigenvalue weighted by atomic mass is 16.5. The van der Waals surface area contributed by atoms with Gasteiger partial charge in [0, 0.05) is 18.0 Å². The second-order valence-corrected chi connectivity index (χ2v) is 5.39. The SMILES string of the molecule is c1ccc2c(c1)OCCC2n1nnnc1CNC1CC1. The summed E-state index contributed by atoms with van der Waals surface area (Å²) in [6.07, 6.45) is 3.43. The Labute approximate surface area is 117 Å². The molecular formula is C14H17N5O. The molecule has 0 saturated heterocycles. The summed E-state index contributed by atoms with van der Waals surface area (Å²) in [6, 6.07) is 8.96. The van der Waals surface area contributed by atoms with Crippen LogP contribution in [0.2, 0.25) is 0 Å². The van der Waals surface area contributed by atoms with Crippen LogP contribution in [-0.4, -0.2) is 32.9 Å². The number of fused-ring (bicyclic) bond motifs is 1. The maximum Gasteiger partial charge on any atom is 0.165 e. The molecule has 2 aliphatic rings. The van der Waals surface area contributed by atoms with Gasteiger partial charge < -0.3 is 10.1 Å². The number of tetrazole rings is 1. The average Bonchev–Trinajstić information content (AvgIpc) is 3.21. The van der Waals surface area contributed by atoms with E-state index in [2.05, 4.69) is 26.9 Å². The highest BCUT2D eigenvalue weighted by Gasteiger charge is 2.27. The predicted octanol–water partition coefficient (Wildman–Crippen LogP) is 1.30. The standard InChI is InChI=1S/C14H17N5O/c1-2-4-13-11(3-1)12(7-8-20-13)19-14(16-17-18-19)9-15-10-5-6-10/h1-4,10,12,15H,5-9H2. The van der Waals surface area contributed by atoms with Gasteiger partial charge in [-0.3, -0.25) is 0 Å². The minimum absolute atomic E-state index is 0.172. The van der Waals surface area contributed by atoms with Gasteiger partial charge >= 0.3 is 0 Å². The van der Waals surface area contributed by atoms with E-state index in [-0.39, 0.29) is 6.04 Å². The van der Waals surface area contributed by atoms with Crippen LogP contribution in [0.3, 0.4) is 0 Å². The molecule has 1 aliphatic heterocycles. The van der Waals surface area contributed by atoms with Crippen LogP contribution >= 0.6 is 0 Å². The number of hydrogen-bond donors (Lipinski definition) is 1. The van der Waals surface area contributed by atoms with Crippen molar-refractivity contribution in [2.24, 2.45) is 0 Å². The number of benzene rings is 1. The van der Waals surface area contributed by atoms with Crippen molar-refractivity contribution in [3.63, 3.8) is 0 Å². The highest BCUT2D eigenvalue weighted by molar-refractivity contribution is 5.37. The zero-order chi connectivity index (χ0) is 13.4. The molecule has 1 N–H and O–H groups in total. The maximum atomic E-state index is 5.70. The lowest BCUT2D eigenvalue weighted by Crippen LogP contribution is -2.25. The molecule has 104 valence electrons. The number of rotatable bonds is 4. The van der Waals surface area contributed by atoms with Gasteiger partial charge in [-0.05, 0) is 29.3 Å². The predicted molar refractivity (Wildman–Crippen MR) is 72.4 cm³/mol. The molecule has 0 amide bonds. The van der Waals surface area contributed by atoms with E-state index < -0.39 is 0 Å². The number of ether oxygens (including phenoxy) is 1. The van der Waals surface area contributed by atoms with Crippen molar-refractivity contribution in [1.29, 1.82) is 0 Å². The Kier molecular flexibility index (Phi) is 2.88. The van der Waals surface area contributed by atoms with E-state index >= 15 is 0 Å². The lowest BCUT2D eigenvalue weighted by Gasteiger charge is -2.26. The summed E-state index contributed by atoms with van der Waals surface area (Å²) in [7, 11) is 0. The Morgan fingerprint density at radius 2 is 2.15 bits per heavy atom. The summed E-state index contributed by atoms with van der Waals surface area (Å²) in [5, 5.41) is 15.7. The Morgan fingerprint density at radius 1 is 1.25 bits per heavy atom. The highest BCUT2D eigenvalue weighted by Crippen LogP contribution is 2.34. The van der Waals surface area contributed by atoms with Gasteiger partial charge in [0.25, 0.3) is 0 Å². The second kappa shape index (κ2) is 4.86. The molecule has 2 heterocycles.